The second-order valence-corrected chi connectivity index (χ2v) is 6.28. The average molecular weight is 407 g/mol. The van der Waals surface area contributed by atoms with Gasteiger partial charge in [0.15, 0.2) is 11.5 Å². The number of carbonyl (C=O) groups is 1. The molecule has 0 unspecified atom stereocenters. The molecule has 0 radical (unpaired) electrons. The van der Waals surface area contributed by atoms with Crippen LogP contribution in [0.5, 0.6) is 11.5 Å². The van der Waals surface area contributed by atoms with Gasteiger partial charge in [-0.15, -0.1) is 11.3 Å². The molecule has 1 N–H and O–H groups in total. The zero-order chi connectivity index (χ0) is 20.2. The van der Waals surface area contributed by atoms with Gasteiger partial charge >= 0.3 is 5.97 Å². The Kier molecular flexibility index (Phi) is 9.23. The summed E-state index contributed by atoms with van der Waals surface area (Å²) in [5.41, 5.74) is 4.26. The first-order valence-corrected chi connectivity index (χ1v) is 9.82. The lowest BCUT2D eigenvalue weighted by Crippen LogP contribution is -2.08. The molecule has 1 heterocycles. The molecule has 0 amide bonds. The highest BCUT2D eigenvalue weighted by molar-refractivity contribution is 7.13. The van der Waals surface area contributed by atoms with Crippen LogP contribution in [0.3, 0.4) is 0 Å². The molecule has 9 heteroatoms. The van der Waals surface area contributed by atoms with Crippen LogP contribution in [0.15, 0.2) is 28.7 Å². The minimum atomic E-state index is -0.298. The maximum Gasteiger partial charge on any atom is 0.311 e. The SMILES string of the molecule is CCOCCOc1c(C=NNc2nc(CC(=O)OCC)cs2)cccc1OC. The Bertz CT molecular complexity index is 779. The second-order valence-electron chi connectivity index (χ2n) is 5.42. The monoisotopic (exact) mass is 407 g/mol. The smallest absolute Gasteiger partial charge is 0.311 e. The fourth-order valence-electron chi connectivity index (χ4n) is 2.25. The number of hydrogen-bond donors (Lipinski definition) is 1. The Hall–Kier alpha value is -2.65. The highest BCUT2D eigenvalue weighted by Gasteiger charge is 2.10. The van der Waals surface area contributed by atoms with Crippen LogP contribution in [-0.2, 0) is 20.7 Å². The molecule has 0 bridgehead atoms. The van der Waals surface area contributed by atoms with Crippen molar-refractivity contribution in [3.05, 3.63) is 34.8 Å². The number of nitrogens with zero attached hydrogens (tertiary/aromatic N) is 2. The van der Waals surface area contributed by atoms with Crippen molar-refractivity contribution >= 4 is 28.7 Å². The summed E-state index contributed by atoms with van der Waals surface area (Å²) in [5.74, 6) is 0.914. The van der Waals surface area contributed by atoms with Crippen molar-refractivity contribution in [1.29, 1.82) is 0 Å². The third-order valence-corrected chi connectivity index (χ3v) is 4.25. The number of carbonyl (C=O) groups excluding carboxylic acids is 1. The lowest BCUT2D eigenvalue weighted by atomic mass is 10.2. The zero-order valence-electron chi connectivity index (χ0n) is 16.3. The summed E-state index contributed by atoms with van der Waals surface area (Å²) in [6.07, 6.45) is 1.77. The number of esters is 1. The van der Waals surface area contributed by atoms with Gasteiger partial charge in [-0.3, -0.25) is 10.2 Å². The zero-order valence-corrected chi connectivity index (χ0v) is 17.1. The van der Waals surface area contributed by atoms with E-state index in [0.717, 1.165) is 5.56 Å². The number of methoxy groups -OCH3 is 1. The van der Waals surface area contributed by atoms with Crippen molar-refractivity contribution in [1.82, 2.24) is 4.98 Å². The third-order valence-electron chi connectivity index (χ3n) is 3.45. The van der Waals surface area contributed by atoms with E-state index >= 15 is 0 Å². The molecule has 0 aliphatic rings. The molecule has 152 valence electrons. The minimum absolute atomic E-state index is 0.142. The fourth-order valence-corrected chi connectivity index (χ4v) is 2.91. The molecule has 0 aliphatic heterocycles. The first kappa shape index (κ1) is 21.6. The van der Waals surface area contributed by atoms with Gasteiger partial charge in [-0.2, -0.15) is 5.10 Å². The number of hydrazone groups is 1. The van der Waals surface area contributed by atoms with Crippen molar-refractivity contribution in [2.45, 2.75) is 20.3 Å². The molecule has 1 aromatic carbocycles. The number of ether oxygens (including phenoxy) is 4. The number of benzene rings is 1. The first-order valence-electron chi connectivity index (χ1n) is 8.94. The van der Waals surface area contributed by atoms with Crippen molar-refractivity contribution in [3.63, 3.8) is 0 Å². The molecular formula is C19H25N3O5S. The van der Waals surface area contributed by atoms with Crippen LogP contribution >= 0.6 is 11.3 Å². The molecular weight excluding hydrogens is 382 g/mol. The summed E-state index contributed by atoms with van der Waals surface area (Å²) >= 11 is 1.36. The van der Waals surface area contributed by atoms with Crippen molar-refractivity contribution in [2.75, 3.05) is 39.0 Å². The van der Waals surface area contributed by atoms with Crippen molar-refractivity contribution < 1.29 is 23.7 Å². The molecule has 2 rings (SSSR count). The van der Waals surface area contributed by atoms with Crippen LogP contribution in [-0.4, -0.2) is 50.7 Å². The van der Waals surface area contributed by atoms with Crippen LogP contribution in [0.4, 0.5) is 5.13 Å². The number of nitrogens with one attached hydrogen (secondary N) is 1. The normalized spacial score (nSPS) is 10.8. The van der Waals surface area contributed by atoms with Gasteiger partial charge in [0, 0.05) is 17.6 Å². The van der Waals surface area contributed by atoms with Gasteiger partial charge in [0.05, 0.1) is 38.7 Å². The summed E-state index contributed by atoms with van der Waals surface area (Å²) in [4.78, 5) is 15.8. The van der Waals surface area contributed by atoms with E-state index in [1.807, 2.05) is 25.1 Å². The molecule has 8 nitrogen and oxygen atoms in total. The minimum Gasteiger partial charge on any atom is -0.493 e. The summed E-state index contributed by atoms with van der Waals surface area (Å²) in [6, 6.07) is 5.55. The molecule has 0 aliphatic carbocycles. The first-order chi connectivity index (χ1) is 13.7. The summed E-state index contributed by atoms with van der Waals surface area (Å²) in [5, 5.41) is 6.59. The van der Waals surface area contributed by atoms with Gasteiger partial charge in [0.2, 0.25) is 5.13 Å². The molecule has 0 fully saturated rings. The van der Waals surface area contributed by atoms with E-state index in [1.165, 1.54) is 11.3 Å². The second kappa shape index (κ2) is 11.9. The molecule has 0 atom stereocenters. The Balaban J connectivity index is 1.99. The lowest BCUT2D eigenvalue weighted by Gasteiger charge is -2.13. The largest absolute Gasteiger partial charge is 0.493 e. The van der Waals surface area contributed by atoms with E-state index in [2.05, 4.69) is 15.5 Å². The molecule has 0 saturated heterocycles. The predicted octanol–water partition coefficient (Wildman–Crippen LogP) is 3.12. The summed E-state index contributed by atoms with van der Waals surface area (Å²) < 4.78 is 21.4. The van der Waals surface area contributed by atoms with E-state index < -0.39 is 0 Å². The van der Waals surface area contributed by atoms with Gasteiger partial charge in [0.1, 0.15) is 6.61 Å². The lowest BCUT2D eigenvalue weighted by molar-refractivity contribution is -0.142. The van der Waals surface area contributed by atoms with Crippen molar-refractivity contribution in [2.24, 2.45) is 5.10 Å². The number of anilines is 1. The molecule has 28 heavy (non-hydrogen) atoms. The van der Waals surface area contributed by atoms with Crippen LogP contribution < -0.4 is 14.9 Å². The highest BCUT2D eigenvalue weighted by atomic mass is 32.1. The molecule has 0 spiro atoms. The maximum atomic E-state index is 11.5. The Morgan fingerprint density at radius 3 is 2.89 bits per heavy atom. The van der Waals surface area contributed by atoms with Crippen LogP contribution in [0.2, 0.25) is 0 Å². The number of thiazole rings is 1. The molecule has 2 aromatic rings. The highest BCUT2D eigenvalue weighted by Crippen LogP contribution is 2.30. The average Bonchev–Trinajstić information content (AvgIpc) is 3.13. The number of hydrogen-bond acceptors (Lipinski definition) is 9. The van der Waals surface area contributed by atoms with Gasteiger partial charge in [-0.1, -0.05) is 6.07 Å². The Morgan fingerprint density at radius 1 is 1.29 bits per heavy atom. The topological polar surface area (TPSA) is 91.3 Å². The predicted molar refractivity (Wildman–Crippen MR) is 109 cm³/mol. The van der Waals surface area contributed by atoms with Gasteiger partial charge in [-0.05, 0) is 26.0 Å². The van der Waals surface area contributed by atoms with Crippen LogP contribution in [0, 0.1) is 0 Å². The van der Waals surface area contributed by atoms with Crippen LogP contribution in [0.25, 0.3) is 0 Å². The van der Waals surface area contributed by atoms with Gasteiger partial charge in [0.25, 0.3) is 0 Å². The summed E-state index contributed by atoms with van der Waals surface area (Å²) in [7, 11) is 1.59. The molecule has 1 aromatic heterocycles. The maximum absolute atomic E-state index is 11.5. The number of aromatic nitrogens is 1. The van der Waals surface area contributed by atoms with E-state index in [9.17, 15) is 4.79 Å². The fraction of sp³-hybridized carbons (Fsp3) is 0.421. The quantitative estimate of drug-likeness (QED) is 0.250. The van der Waals surface area contributed by atoms with E-state index in [0.29, 0.717) is 48.8 Å². The number of rotatable bonds is 12. The Labute approximate surface area is 168 Å². The van der Waals surface area contributed by atoms with Crippen molar-refractivity contribution in [3.8, 4) is 11.5 Å². The van der Waals surface area contributed by atoms with E-state index in [1.54, 1.807) is 25.6 Å². The van der Waals surface area contributed by atoms with Gasteiger partial charge < -0.3 is 18.9 Å². The number of para-hydroxylation sites is 1. The summed E-state index contributed by atoms with van der Waals surface area (Å²) in [6.45, 7) is 5.60. The third kappa shape index (κ3) is 6.82. The standard InChI is InChI=1S/C19H25N3O5S/c1-4-25-9-10-27-18-14(7-6-8-16(18)24-3)12-20-22-19-21-15(13-28-19)11-17(23)26-5-2/h6-8,12-13H,4-5,9-11H2,1-3H3,(H,21,22). The van der Waals surface area contributed by atoms with E-state index in [-0.39, 0.29) is 12.4 Å². The van der Waals surface area contributed by atoms with E-state index in [4.69, 9.17) is 18.9 Å². The van der Waals surface area contributed by atoms with Gasteiger partial charge in [-0.25, -0.2) is 4.98 Å². The Morgan fingerprint density at radius 2 is 2.14 bits per heavy atom. The molecule has 0 saturated carbocycles. The van der Waals surface area contributed by atoms with Crippen LogP contribution in [0.1, 0.15) is 25.1 Å².